The van der Waals surface area contributed by atoms with Crippen LogP contribution in [-0.4, -0.2) is 34.9 Å². The highest BCUT2D eigenvalue weighted by Gasteiger charge is 2.20. The second kappa shape index (κ2) is 6.48. The molecular weight excluding hydrogens is 334 g/mol. The zero-order chi connectivity index (χ0) is 18.1. The van der Waals surface area contributed by atoms with Gasteiger partial charge in [-0.15, -0.1) is 0 Å². The molecule has 0 aliphatic carbocycles. The van der Waals surface area contributed by atoms with Crippen LogP contribution in [0.25, 0.3) is 0 Å². The predicted octanol–water partition coefficient (Wildman–Crippen LogP) is 1.11. The quantitative estimate of drug-likeness (QED) is 0.834. The van der Waals surface area contributed by atoms with Crippen molar-refractivity contribution in [1.82, 2.24) is 4.57 Å². The summed E-state index contributed by atoms with van der Waals surface area (Å²) in [5, 5.41) is 18.7. The fourth-order valence-corrected chi connectivity index (χ4v) is 3.59. The van der Waals surface area contributed by atoms with Gasteiger partial charge in [-0.3, -0.25) is 4.79 Å². The Morgan fingerprint density at radius 1 is 1.21 bits per heavy atom. The van der Waals surface area contributed by atoms with Gasteiger partial charge in [-0.25, -0.2) is 13.2 Å². The van der Waals surface area contributed by atoms with Gasteiger partial charge < -0.3 is 14.8 Å². The maximum absolute atomic E-state index is 12.3. The zero-order valence-corrected chi connectivity index (χ0v) is 14.0. The van der Waals surface area contributed by atoms with E-state index in [0.29, 0.717) is 0 Å². The van der Waals surface area contributed by atoms with Crippen LogP contribution in [0.5, 0.6) is 5.75 Å². The molecule has 0 fully saturated rings. The standard InChI is InChI=1S/C16H17NO6S/c1-10-3-5-12(6-4-10)24(22,23)8-7-11-9-13(18)15(19)14(16(20)21)17(11)2/h3-6,9,19H,7-8H2,1-2H3,(H,20,21). The molecule has 2 aromatic rings. The van der Waals surface area contributed by atoms with Gasteiger partial charge in [-0.1, -0.05) is 17.7 Å². The number of carboxylic acid groups (broad SMARTS) is 1. The summed E-state index contributed by atoms with van der Waals surface area (Å²) < 4.78 is 25.8. The van der Waals surface area contributed by atoms with Crippen LogP contribution in [0, 0.1) is 6.92 Å². The molecule has 0 unspecified atom stereocenters. The maximum Gasteiger partial charge on any atom is 0.356 e. The van der Waals surface area contributed by atoms with Crippen LogP contribution < -0.4 is 5.43 Å². The minimum atomic E-state index is -3.57. The number of hydrogen-bond donors (Lipinski definition) is 2. The first-order valence-corrected chi connectivity index (χ1v) is 8.73. The monoisotopic (exact) mass is 351 g/mol. The molecular formula is C16H17NO6S. The highest BCUT2D eigenvalue weighted by molar-refractivity contribution is 7.91. The number of rotatable bonds is 5. The minimum absolute atomic E-state index is 0.0531. The lowest BCUT2D eigenvalue weighted by Crippen LogP contribution is -2.21. The van der Waals surface area contributed by atoms with Crippen molar-refractivity contribution in [3.05, 3.63) is 57.5 Å². The van der Waals surface area contributed by atoms with E-state index in [2.05, 4.69) is 0 Å². The summed E-state index contributed by atoms with van der Waals surface area (Å²) in [7, 11) is -2.22. The Morgan fingerprint density at radius 2 is 1.79 bits per heavy atom. The molecule has 8 heteroatoms. The van der Waals surface area contributed by atoms with Gasteiger partial charge in [-0.2, -0.15) is 0 Å². The highest BCUT2D eigenvalue weighted by Crippen LogP contribution is 2.16. The van der Waals surface area contributed by atoms with Crippen molar-refractivity contribution in [3.63, 3.8) is 0 Å². The van der Waals surface area contributed by atoms with Gasteiger partial charge >= 0.3 is 5.97 Å². The van der Waals surface area contributed by atoms with Crippen LogP contribution in [0.2, 0.25) is 0 Å². The molecule has 0 saturated heterocycles. The number of nitrogens with zero attached hydrogens (tertiary/aromatic N) is 1. The molecule has 0 radical (unpaired) electrons. The van der Waals surface area contributed by atoms with Crippen LogP contribution in [0.3, 0.4) is 0 Å². The van der Waals surface area contributed by atoms with E-state index in [-0.39, 0.29) is 22.8 Å². The number of pyridine rings is 1. The van der Waals surface area contributed by atoms with Gasteiger partial charge in [0.25, 0.3) is 0 Å². The van der Waals surface area contributed by atoms with Crippen molar-refractivity contribution < 1.29 is 23.4 Å². The van der Waals surface area contributed by atoms with Crippen LogP contribution >= 0.6 is 0 Å². The second-order valence-corrected chi connectivity index (χ2v) is 7.55. The van der Waals surface area contributed by atoms with Crippen molar-refractivity contribution in [2.24, 2.45) is 7.05 Å². The van der Waals surface area contributed by atoms with E-state index in [1.165, 1.54) is 19.2 Å². The Balaban J connectivity index is 2.34. The van der Waals surface area contributed by atoms with Gasteiger partial charge in [0.1, 0.15) is 0 Å². The number of carbonyl (C=O) groups is 1. The van der Waals surface area contributed by atoms with E-state index in [1.807, 2.05) is 6.92 Å². The molecule has 0 aliphatic heterocycles. The fourth-order valence-electron chi connectivity index (χ4n) is 2.32. The maximum atomic E-state index is 12.3. The first-order valence-electron chi connectivity index (χ1n) is 7.08. The van der Waals surface area contributed by atoms with Gasteiger partial charge in [0.05, 0.1) is 10.6 Å². The number of sulfone groups is 1. The molecule has 128 valence electrons. The van der Waals surface area contributed by atoms with Gasteiger partial charge in [-0.05, 0) is 19.1 Å². The summed E-state index contributed by atoms with van der Waals surface area (Å²) >= 11 is 0. The van der Waals surface area contributed by atoms with Crippen LogP contribution in [0.1, 0.15) is 21.7 Å². The molecule has 0 amide bonds. The van der Waals surface area contributed by atoms with E-state index in [1.54, 1.807) is 12.1 Å². The molecule has 0 bridgehead atoms. The SMILES string of the molecule is Cc1ccc(S(=O)(=O)CCc2cc(=O)c(O)c(C(=O)O)n2C)cc1. The topological polar surface area (TPSA) is 114 Å². The molecule has 1 heterocycles. The van der Waals surface area contributed by atoms with E-state index < -0.39 is 32.7 Å². The molecule has 1 aromatic heterocycles. The van der Waals surface area contributed by atoms with Crippen molar-refractivity contribution in [2.75, 3.05) is 5.75 Å². The van der Waals surface area contributed by atoms with Gasteiger partial charge in [0.2, 0.25) is 5.43 Å². The average Bonchev–Trinajstić information content (AvgIpc) is 2.50. The number of carboxylic acids is 1. The van der Waals surface area contributed by atoms with Crippen LogP contribution in [-0.2, 0) is 23.3 Å². The number of hydrogen-bond acceptors (Lipinski definition) is 5. The average molecular weight is 351 g/mol. The number of aromatic nitrogens is 1. The molecule has 1 aromatic carbocycles. The lowest BCUT2D eigenvalue weighted by molar-refractivity contribution is 0.0681. The smallest absolute Gasteiger partial charge is 0.356 e. The van der Waals surface area contributed by atoms with E-state index in [4.69, 9.17) is 5.11 Å². The molecule has 0 spiro atoms. The molecule has 0 atom stereocenters. The molecule has 2 rings (SSSR count). The number of aromatic hydroxyl groups is 1. The summed E-state index contributed by atoms with van der Waals surface area (Å²) in [4.78, 5) is 23.0. The van der Waals surface area contributed by atoms with E-state index in [9.17, 15) is 23.1 Å². The minimum Gasteiger partial charge on any atom is -0.502 e. The summed E-state index contributed by atoms with van der Waals surface area (Å²) in [6.45, 7) is 1.84. The first kappa shape index (κ1) is 17.7. The van der Waals surface area contributed by atoms with Crippen LogP contribution in [0.4, 0.5) is 0 Å². The highest BCUT2D eigenvalue weighted by atomic mass is 32.2. The third kappa shape index (κ3) is 3.48. The molecule has 2 N–H and O–H groups in total. The Labute approximate surface area is 138 Å². The Morgan fingerprint density at radius 3 is 2.33 bits per heavy atom. The lowest BCUT2D eigenvalue weighted by atomic mass is 10.2. The Hall–Kier alpha value is -2.61. The normalized spacial score (nSPS) is 11.4. The predicted molar refractivity (Wildman–Crippen MR) is 87.2 cm³/mol. The summed E-state index contributed by atoms with van der Waals surface area (Å²) in [6.07, 6.45) is -0.0531. The molecule has 24 heavy (non-hydrogen) atoms. The number of benzene rings is 1. The molecule has 0 aliphatic rings. The summed E-state index contributed by atoms with van der Waals surface area (Å²) in [6, 6.07) is 7.43. The van der Waals surface area contributed by atoms with Gasteiger partial charge in [0.15, 0.2) is 21.3 Å². The van der Waals surface area contributed by atoms with Crippen molar-refractivity contribution in [3.8, 4) is 5.75 Å². The lowest BCUT2D eigenvalue weighted by Gasteiger charge is -2.13. The van der Waals surface area contributed by atoms with Crippen molar-refractivity contribution >= 4 is 15.8 Å². The van der Waals surface area contributed by atoms with Crippen LogP contribution in [0.15, 0.2) is 40.0 Å². The third-order valence-electron chi connectivity index (χ3n) is 3.73. The largest absolute Gasteiger partial charge is 0.502 e. The summed E-state index contributed by atoms with van der Waals surface area (Å²) in [5.41, 5.74) is -0.273. The zero-order valence-electron chi connectivity index (χ0n) is 13.2. The van der Waals surface area contributed by atoms with E-state index >= 15 is 0 Å². The Bertz CT molecular complexity index is 942. The molecule has 0 saturated carbocycles. The summed E-state index contributed by atoms with van der Waals surface area (Å²) in [5.74, 6) is -2.61. The van der Waals surface area contributed by atoms with E-state index in [0.717, 1.165) is 16.2 Å². The molecule has 7 nitrogen and oxygen atoms in total. The number of aromatic carboxylic acids is 1. The second-order valence-electron chi connectivity index (χ2n) is 5.44. The first-order chi connectivity index (χ1) is 11.1. The Kier molecular flexibility index (Phi) is 4.79. The fraction of sp³-hybridized carbons (Fsp3) is 0.250. The van der Waals surface area contributed by atoms with Gasteiger partial charge in [0, 0.05) is 25.2 Å². The van der Waals surface area contributed by atoms with Crippen molar-refractivity contribution in [2.45, 2.75) is 18.2 Å². The number of aryl methyl sites for hydroxylation is 2. The van der Waals surface area contributed by atoms with Crippen molar-refractivity contribution in [1.29, 1.82) is 0 Å². The third-order valence-corrected chi connectivity index (χ3v) is 5.46.